The molecule has 56 heavy (non-hydrogen) atoms. The fraction of sp³-hybridized carbons (Fsp3) is 0.375. The standard InChI is InChI=1S/C40H44N4O8S2.2FH/c1-43(26-9-11-27(12-10-26)51-38(48)40(50,34-6-4-20-53-34)35-7-5-21-54-35)18-2-3-19-44-30-15-8-25(22-33(30)52-39(44)49)23-41-24-32(46)28-13-16-31(45)37-29(28)14-17-36(47)42-37;;/h4-8,13-17,20-22,26-27,32,41,45-46,50H,2-3,9-12,18-19,23-24H2,1H3,(H,42,47);2*1H/t26-,27-,32-;;/m0../s1. The molecule has 0 bridgehead atoms. The SMILES string of the molecule is CN(CCCCn1c(=O)oc2cc(CNC[C@H](O)c3ccc(O)c4[nH]c(=O)ccc34)ccc21)[C@H]1CC[C@H](OC(=O)C(O)(c2cccs2)c2cccs2)CC1.F.F. The molecular weight excluding hydrogens is 767 g/mol. The second-order valence-corrected chi connectivity index (χ2v) is 15.8. The summed E-state index contributed by atoms with van der Waals surface area (Å²) in [5.41, 5.74) is 0.868. The number of phenolic OH excluding ortho intramolecular Hbond substituents is 1. The van der Waals surface area contributed by atoms with Crippen molar-refractivity contribution >= 4 is 50.6 Å². The molecule has 0 amide bonds. The van der Waals surface area contributed by atoms with Gasteiger partial charge in [-0.15, -0.1) is 22.7 Å². The second-order valence-electron chi connectivity index (χ2n) is 13.9. The molecule has 0 spiro atoms. The van der Waals surface area contributed by atoms with Crippen LogP contribution in [0.25, 0.3) is 22.0 Å². The van der Waals surface area contributed by atoms with Gasteiger partial charge in [-0.25, -0.2) is 9.59 Å². The Hall–Kier alpha value is -4.71. The number of halogens is 2. The molecule has 5 N–H and O–H groups in total. The molecule has 6 aromatic rings. The summed E-state index contributed by atoms with van der Waals surface area (Å²) in [6.07, 6.45) is 3.83. The summed E-state index contributed by atoms with van der Waals surface area (Å²) >= 11 is 2.68. The van der Waals surface area contributed by atoms with Crippen molar-refractivity contribution < 1.29 is 38.7 Å². The number of carbonyl (C=O) groups excluding carboxylic acids is 1. The third kappa shape index (κ3) is 8.96. The molecular formula is C40H46F2N4O8S2. The van der Waals surface area contributed by atoms with Crippen molar-refractivity contribution in [1.82, 2.24) is 19.8 Å². The van der Waals surface area contributed by atoms with Crippen molar-refractivity contribution in [2.75, 3.05) is 20.1 Å². The number of benzene rings is 2. The average Bonchev–Trinajstić information content (AvgIpc) is 3.97. The number of aryl methyl sites for hydroxylation is 1. The number of aromatic hydroxyl groups is 1. The number of esters is 1. The fourth-order valence-electron chi connectivity index (χ4n) is 7.39. The van der Waals surface area contributed by atoms with E-state index in [1.165, 1.54) is 34.8 Å². The Morgan fingerprint density at radius 2 is 1.73 bits per heavy atom. The summed E-state index contributed by atoms with van der Waals surface area (Å²) in [5.74, 6) is -1.07. The summed E-state index contributed by atoms with van der Waals surface area (Å²) in [4.78, 5) is 44.0. The van der Waals surface area contributed by atoms with Gasteiger partial charge in [-0.3, -0.25) is 18.8 Å². The van der Waals surface area contributed by atoms with Gasteiger partial charge in [0.1, 0.15) is 11.9 Å². The first-order valence-electron chi connectivity index (χ1n) is 18.2. The molecule has 7 rings (SSSR count). The predicted molar refractivity (Wildman–Crippen MR) is 214 cm³/mol. The highest BCUT2D eigenvalue weighted by atomic mass is 32.1. The van der Waals surface area contributed by atoms with Gasteiger partial charge in [0, 0.05) is 37.1 Å². The van der Waals surface area contributed by atoms with Gasteiger partial charge in [0.15, 0.2) is 5.58 Å². The van der Waals surface area contributed by atoms with Crippen molar-refractivity contribution in [3.63, 3.8) is 0 Å². The first kappa shape index (κ1) is 42.4. The maximum Gasteiger partial charge on any atom is 0.419 e. The van der Waals surface area contributed by atoms with E-state index >= 15 is 0 Å². The Bertz CT molecular complexity index is 2280. The lowest BCUT2D eigenvalue weighted by Crippen LogP contribution is -2.42. The number of aromatic nitrogens is 2. The van der Waals surface area contributed by atoms with Crippen LogP contribution in [-0.2, 0) is 28.2 Å². The highest BCUT2D eigenvalue weighted by molar-refractivity contribution is 7.12. The first-order valence-corrected chi connectivity index (χ1v) is 20.0. The maximum absolute atomic E-state index is 13.4. The molecule has 1 fully saturated rings. The lowest BCUT2D eigenvalue weighted by atomic mass is 9.91. The predicted octanol–water partition coefficient (Wildman–Crippen LogP) is 5.90. The Labute approximate surface area is 328 Å². The van der Waals surface area contributed by atoms with E-state index in [0.717, 1.165) is 56.1 Å². The number of H-pyrrole nitrogens is 1. The number of rotatable bonds is 15. The van der Waals surface area contributed by atoms with Crippen LogP contribution in [0.2, 0.25) is 0 Å². The molecule has 1 atom stereocenters. The first-order chi connectivity index (χ1) is 26.1. The van der Waals surface area contributed by atoms with Gasteiger partial charge >= 0.3 is 11.7 Å². The number of phenols is 1. The summed E-state index contributed by atoms with van der Waals surface area (Å²) in [5, 5.41) is 40.1. The third-order valence-electron chi connectivity index (χ3n) is 10.4. The van der Waals surface area contributed by atoms with E-state index in [1.807, 2.05) is 41.1 Å². The van der Waals surface area contributed by atoms with Crippen LogP contribution in [0.1, 0.15) is 65.5 Å². The molecule has 4 aromatic heterocycles. The molecule has 4 heterocycles. The maximum atomic E-state index is 13.4. The van der Waals surface area contributed by atoms with Crippen molar-refractivity contribution in [1.29, 1.82) is 0 Å². The van der Waals surface area contributed by atoms with Crippen molar-refractivity contribution in [2.24, 2.45) is 0 Å². The number of unbranched alkanes of at least 4 members (excludes halogenated alkanes) is 1. The van der Waals surface area contributed by atoms with Gasteiger partial charge in [-0.05, 0) is 110 Å². The molecule has 0 radical (unpaired) electrons. The number of oxazole rings is 1. The molecule has 1 aliphatic rings. The minimum Gasteiger partial charge on any atom is -0.506 e. The topological polar surface area (TPSA) is 170 Å². The molecule has 1 aliphatic carbocycles. The molecule has 0 saturated heterocycles. The van der Waals surface area contributed by atoms with Crippen LogP contribution in [-0.4, -0.2) is 68.0 Å². The summed E-state index contributed by atoms with van der Waals surface area (Å²) in [7, 11) is 2.12. The van der Waals surface area contributed by atoms with Gasteiger partial charge in [-0.2, -0.15) is 0 Å². The normalized spacial score (nSPS) is 16.4. The quantitative estimate of drug-likeness (QED) is 0.0622. The number of aliphatic hydroxyl groups is 2. The monoisotopic (exact) mass is 812 g/mol. The summed E-state index contributed by atoms with van der Waals surface area (Å²) in [6.45, 7) is 2.06. The zero-order chi connectivity index (χ0) is 37.8. The van der Waals surface area contributed by atoms with E-state index in [2.05, 4.69) is 22.2 Å². The molecule has 0 unspecified atom stereocenters. The highest BCUT2D eigenvalue weighted by Gasteiger charge is 2.45. The number of nitrogens with zero attached hydrogens (tertiary/aromatic N) is 2. The van der Waals surface area contributed by atoms with Crippen LogP contribution in [0.5, 0.6) is 5.75 Å². The number of thiophene rings is 2. The summed E-state index contributed by atoms with van der Waals surface area (Å²) < 4.78 is 13.2. The lowest BCUT2D eigenvalue weighted by molar-refractivity contribution is -0.169. The number of aliphatic hydroxyl groups excluding tert-OH is 1. The van der Waals surface area contributed by atoms with E-state index in [9.17, 15) is 29.7 Å². The molecule has 1 saturated carbocycles. The van der Waals surface area contributed by atoms with Gasteiger partial charge < -0.3 is 39.7 Å². The Kier molecular flexibility index (Phi) is 14.0. The number of pyridine rings is 1. The number of carbonyl (C=O) groups is 1. The average molecular weight is 813 g/mol. The number of fused-ring (bicyclic) bond motifs is 2. The zero-order valence-electron chi connectivity index (χ0n) is 30.7. The fourth-order valence-corrected chi connectivity index (χ4v) is 9.10. The largest absolute Gasteiger partial charge is 0.506 e. The molecule has 2 aromatic carbocycles. The number of aromatic amines is 1. The third-order valence-corrected chi connectivity index (χ3v) is 12.4. The number of nitrogens with one attached hydrogen (secondary N) is 2. The Morgan fingerprint density at radius 1 is 1.02 bits per heavy atom. The van der Waals surface area contributed by atoms with Crippen LogP contribution in [0.4, 0.5) is 9.41 Å². The van der Waals surface area contributed by atoms with Crippen molar-refractivity contribution in [2.45, 2.75) is 75.5 Å². The summed E-state index contributed by atoms with van der Waals surface area (Å²) in [6, 6.07) is 19.2. The van der Waals surface area contributed by atoms with E-state index in [4.69, 9.17) is 9.15 Å². The van der Waals surface area contributed by atoms with Crippen LogP contribution in [0.15, 0.2) is 91.5 Å². The van der Waals surface area contributed by atoms with Crippen LogP contribution >= 0.6 is 22.7 Å². The Balaban J connectivity index is 0.00000300. The van der Waals surface area contributed by atoms with Gasteiger partial charge in [0.2, 0.25) is 11.2 Å². The van der Waals surface area contributed by atoms with Gasteiger partial charge in [0.25, 0.3) is 0 Å². The number of hydrogen-bond acceptors (Lipinski definition) is 12. The van der Waals surface area contributed by atoms with Gasteiger partial charge in [0.05, 0.1) is 26.9 Å². The van der Waals surface area contributed by atoms with E-state index in [-0.39, 0.29) is 38.9 Å². The smallest absolute Gasteiger partial charge is 0.419 e. The van der Waals surface area contributed by atoms with E-state index in [1.54, 1.807) is 28.8 Å². The molecule has 16 heteroatoms. The number of ether oxygens (including phenoxy) is 1. The molecule has 300 valence electrons. The lowest BCUT2D eigenvalue weighted by Gasteiger charge is -2.35. The van der Waals surface area contributed by atoms with Gasteiger partial charge in [-0.1, -0.05) is 24.3 Å². The molecule has 0 aliphatic heterocycles. The highest BCUT2D eigenvalue weighted by Crippen LogP contribution is 2.38. The minimum absolute atomic E-state index is 0. The minimum atomic E-state index is -1.79. The number of hydrogen-bond donors (Lipinski definition) is 5. The van der Waals surface area contributed by atoms with Crippen molar-refractivity contribution in [3.8, 4) is 5.75 Å². The van der Waals surface area contributed by atoms with Crippen molar-refractivity contribution in [3.05, 3.63) is 119 Å². The van der Waals surface area contributed by atoms with Crippen LogP contribution in [0, 0.1) is 0 Å². The second kappa shape index (κ2) is 18.5. The van der Waals surface area contributed by atoms with E-state index in [0.29, 0.717) is 45.4 Å². The Morgan fingerprint density at radius 3 is 2.41 bits per heavy atom. The van der Waals surface area contributed by atoms with E-state index < -0.39 is 23.4 Å². The van der Waals surface area contributed by atoms with Crippen LogP contribution < -0.4 is 16.6 Å². The zero-order valence-corrected chi connectivity index (χ0v) is 32.4. The van der Waals surface area contributed by atoms with Crippen LogP contribution in [0.3, 0.4) is 0 Å². The molecule has 12 nitrogen and oxygen atoms in total.